The molecule has 4 nitrogen and oxygen atoms in total. The Morgan fingerprint density at radius 3 is 1.30 bits per heavy atom. The van der Waals surface area contributed by atoms with Crippen LogP contribution in [-0.4, -0.2) is 6.98 Å². The highest BCUT2D eigenvalue weighted by atomic mass is 15.4. The molecule has 114 valence electrons. The lowest BCUT2D eigenvalue weighted by Gasteiger charge is -2.19. The van der Waals surface area contributed by atoms with Gasteiger partial charge in [-0.05, 0) is 29.7 Å². The van der Waals surface area contributed by atoms with Crippen LogP contribution in [0.15, 0.2) is 91.0 Å². The average Bonchev–Trinajstić information content (AvgIpc) is 2.64. The molecular formula is C18H19BN4. The van der Waals surface area contributed by atoms with E-state index < -0.39 is 0 Å². The largest absolute Gasteiger partial charge is 0.377 e. The van der Waals surface area contributed by atoms with Gasteiger partial charge in [0.25, 0.3) is 0 Å². The van der Waals surface area contributed by atoms with Gasteiger partial charge in [0.2, 0.25) is 0 Å². The SMILES string of the molecule is c1ccc(NNB(NNc2ccccc2)c2ccccc2)cc1. The molecule has 23 heavy (non-hydrogen) atoms. The molecule has 4 N–H and O–H groups in total. The van der Waals surface area contributed by atoms with E-state index in [-0.39, 0.29) is 6.98 Å². The average molecular weight is 302 g/mol. The van der Waals surface area contributed by atoms with Crippen molar-refractivity contribution in [1.82, 2.24) is 10.7 Å². The predicted octanol–water partition coefficient (Wildman–Crippen LogP) is 2.62. The molecule has 0 aliphatic carbocycles. The summed E-state index contributed by atoms with van der Waals surface area (Å²) in [6, 6.07) is 30.2. The Labute approximate surface area is 137 Å². The standard InChI is InChI=1S/C18H19BN4/c1-4-10-16(11-5-1)19(22-20-17-12-6-2-7-13-17)23-21-18-14-8-3-9-15-18/h1-15,20-23H. The van der Waals surface area contributed by atoms with Crippen molar-refractivity contribution >= 4 is 23.8 Å². The Balaban J connectivity index is 1.66. The number of para-hydroxylation sites is 2. The van der Waals surface area contributed by atoms with Crippen molar-refractivity contribution in [1.29, 1.82) is 0 Å². The maximum atomic E-state index is 3.30. The fraction of sp³-hybridized carbons (Fsp3) is 0. The van der Waals surface area contributed by atoms with Crippen LogP contribution in [0.2, 0.25) is 0 Å². The van der Waals surface area contributed by atoms with Crippen molar-refractivity contribution in [2.75, 3.05) is 10.9 Å². The van der Waals surface area contributed by atoms with E-state index in [1.54, 1.807) is 0 Å². The minimum absolute atomic E-state index is 0.100. The monoisotopic (exact) mass is 302 g/mol. The van der Waals surface area contributed by atoms with Crippen LogP contribution in [-0.2, 0) is 0 Å². The summed E-state index contributed by atoms with van der Waals surface area (Å²) in [4.78, 5) is 0. The molecule has 3 aromatic carbocycles. The normalized spacial score (nSPS) is 10.1. The van der Waals surface area contributed by atoms with Crippen molar-refractivity contribution < 1.29 is 0 Å². The lowest BCUT2D eigenvalue weighted by atomic mass is 9.70. The maximum Gasteiger partial charge on any atom is 0.377 e. The van der Waals surface area contributed by atoms with Crippen LogP contribution >= 0.6 is 0 Å². The highest BCUT2D eigenvalue weighted by molar-refractivity contribution is 6.68. The summed E-state index contributed by atoms with van der Waals surface area (Å²) < 4.78 is 0. The smallest absolute Gasteiger partial charge is 0.330 e. The minimum atomic E-state index is -0.100. The van der Waals surface area contributed by atoms with E-state index >= 15 is 0 Å². The molecule has 0 amide bonds. The Bertz CT molecular complexity index is 648. The van der Waals surface area contributed by atoms with Gasteiger partial charge in [0.05, 0.1) is 0 Å². The zero-order chi connectivity index (χ0) is 15.7. The van der Waals surface area contributed by atoms with Crippen LogP contribution in [0.3, 0.4) is 0 Å². The molecule has 0 saturated carbocycles. The first kappa shape index (κ1) is 15.2. The van der Waals surface area contributed by atoms with Crippen molar-refractivity contribution in [2.24, 2.45) is 0 Å². The number of rotatable bonds is 7. The number of benzene rings is 3. The van der Waals surface area contributed by atoms with Gasteiger partial charge in [0.1, 0.15) is 0 Å². The van der Waals surface area contributed by atoms with E-state index in [0.29, 0.717) is 0 Å². The third-order valence-corrected chi connectivity index (χ3v) is 3.40. The van der Waals surface area contributed by atoms with E-state index in [2.05, 4.69) is 33.7 Å². The number of anilines is 2. The van der Waals surface area contributed by atoms with Crippen molar-refractivity contribution in [3.05, 3.63) is 91.0 Å². The summed E-state index contributed by atoms with van der Waals surface area (Å²) in [5, 5.41) is 6.60. The molecule has 0 radical (unpaired) electrons. The Morgan fingerprint density at radius 2 is 0.870 bits per heavy atom. The molecule has 0 fully saturated rings. The molecule has 0 aliphatic heterocycles. The van der Waals surface area contributed by atoms with Crippen molar-refractivity contribution in [3.8, 4) is 0 Å². The third kappa shape index (κ3) is 4.61. The predicted molar refractivity (Wildman–Crippen MR) is 98.2 cm³/mol. The fourth-order valence-electron chi connectivity index (χ4n) is 2.20. The summed E-state index contributed by atoms with van der Waals surface area (Å²) in [6.07, 6.45) is 0. The molecule has 0 aliphatic rings. The Hall–Kier alpha value is -2.76. The lowest BCUT2D eigenvalue weighted by Crippen LogP contribution is -2.59. The first-order valence-corrected chi connectivity index (χ1v) is 7.60. The minimum Gasteiger partial charge on any atom is -0.330 e. The molecule has 3 rings (SSSR count). The number of hydrazine groups is 2. The quantitative estimate of drug-likeness (QED) is 0.400. The van der Waals surface area contributed by atoms with Crippen LogP contribution in [0.4, 0.5) is 11.4 Å². The summed E-state index contributed by atoms with van der Waals surface area (Å²) in [5.74, 6) is 0. The van der Waals surface area contributed by atoms with E-state index in [4.69, 9.17) is 0 Å². The molecule has 3 aromatic rings. The second-order valence-corrected chi connectivity index (χ2v) is 5.11. The first-order valence-electron chi connectivity index (χ1n) is 7.60. The van der Waals surface area contributed by atoms with Gasteiger partial charge in [0, 0.05) is 11.4 Å². The summed E-state index contributed by atoms with van der Waals surface area (Å²) >= 11 is 0. The van der Waals surface area contributed by atoms with Gasteiger partial charge in [0.15, 0.2) is 0 Å². The third-order valence-electron chi connectivity index (χ3n) is 3.40. The second kappa shape index (κ2) is 8.03. The van der Waals surface area contributed by atoms with Gasteiger partial charge < -0.3 is 10.9 Å². The Kier molecular flexibility index (Phi) is 5.29. The Morgan fingerprint density at radius 1 is 0.478 bits per heavy atom. The molecule has 0 bridgehead atoms. The van der Waals surface area contributed by atoms with Gasteiger partial charge in [-0.3, -0.25) is 10.7 Å². The van der Waals surface area contributed by atoms with Crippen LogP contribution < -0.4 is 27.0 Å². The van der Waals surface area contributed by atoms with Crippen LogP contribution in [0.25, 0.3) is 0 Å². The highest BCUT2D eigenvalue weighted by Crippen LogP contribution is 2.04. The zero-order valence-corrected chi connectivity index (χ0v) is 12.7. The summed E-state index contributed by atoms with van der Waals surface area (Å²) in [6.45, 7) is -0.100. The van der Waals surface area contributed by atoms with Crippen molar-refractivity contribution in [2.45, 2.75) is 0 Å². The molecule has 0 unspecified atom stereocenters. The van der Waals surface area contributed by atoms with Crippen LogP contribution in [0.5, 0.6) is 0 Å². The molecule has 0 saturated heterocycles. The van der Waals surface area contributed by atoms with Crippen LogP contribution in [0, 0.1) is 0 Å². The van der Waals surface area contributed by atoms with E-state index in [0.717, 1.165) is 16.8 Å². The van der Waals surface area contributed by atoms with E-state index in [9.17, 15) is 0 Å². The first-order chi connectivity index (χ1) is 11.4. The maximum absolute atomic E-state index is 3.30. The number of nitrogens with one attached hydrogen (secondary N) is 4. The molecular weight excluding hydrogens is 283 g/mol. The number of hydrogen-bond donors (Lipinski definition) is 4. The van der Waals surface area contributed by atoms with Crippen LogP contribution in [0.1, 0.15) is 0 Å². The van der Waals surface area contributed by atoms with Gasteiger partial charge >= 0.3 is 6.98 Å². The topological polar surface area (TPSA) is 48.1 Å². The molecule has 5 heteroatoms. The van der Waals surface area contributed by atoms with Gasteiger partial charge in [-0.25, -0.2) is 0 Å². The number of hydrogen-bond acceptors (Lipinski definition) is 4. The summed E-state index contributed by atoms with van der Waals surface area (Å²) in [7, 11) is 0. The molecule has 0 heterocycles. The molecule has 0 aromatic heterocycles. The van der Waals surface area contributed by atoms with E-state index in [1.165, 1.54) is 0 Å². The zero-order valence-electron chi connectivity index (χ0n) is 12.7. The lowest BCUT2D eigenvalue weighted by molar-refractivity contribution is 1.05. The van der Waals surface area contributed by atoms with Gasteiger partial charge in [-0.2, -0.15) is 0 Å². The molecule has 0 atom stereocenters. The van der Waals surface area contributed by atoms with Gasteiger partial charge in [-0.15, -0.1) is 0 Å². The second-order valence-electron chi connectivity index (χ2n) is 5.11. The summed E-state index contributed by atoms with van der Waals surface area (Å²) in [5.41, 5.74) is 9.60. The fourth-order valence-corrected chi connectivity index (χ4v) is 2.20. The molecule has 0 spiro atoms. The van der Waals surface area contributed by atoms with Crippen molar-refractivity contribution in [3.63, 3.8) is 0 Å². The highest BCUT2D eigenvalue weighted by Gasteiger charge is 2.16. The van der Waals surface area contributed by atoms with Gasteiger partial charge in [-0.1, -0.05) is 66.7 Å². The van der Waals surface area contributed by atoms with E-state index in [1.807, 2.05) is 78.9 Å².